The van der Waals surface area contributed by atoms with Crippen molar-refractivity contribution in [2.24, 2.45) is 0 Å². The highest BCUT2D eigenvalue weighted by atomic mass is 32.2. The largest absolute Gasteiger partial charge is 0.496 e. The topological polar surface area (TPSA) is 75.7 Å². The number of amides is 1. The summed E-state index contributed by atoms with van der Waals surface area (Å²) in [5.74, 6) is 0.806. The Balaban J connectivity index is 1.71. The molecule has 0 bridgehead atoms. The highest BCUT2D eigenvalue weighted by Crippen LogP contribution is 2.27. The molecule has 28 heavy (non-hydrogen) atoms. The Kier molecular flexibility index (Phi) is 5.93. The van der Waals surface area contributed by atoms with E-state index in [0.29, 0.717) is 17.9 Å². The van der Waals surface area contributed by atoms with Crippen LogP contribution in [0.5, 0.6) is 5.75 Å². The van der Waals surface area contributed by atoms with E-state index in [2.05, 4.69) is 4.72 Å². The molecule has 3 rings (SSSR count). The van der Waals surface area contributed by atoms with Crippen molar-refractivity contribution in [3.8, 4) is 5.75 Å². The van der Waals surface area contributed by atoms with Crippen molar-refractivity contribution in [2.75, 3.05) is 24.9 Å². The Bertz CT molecular complexity index is 939. The van der Waals surface area contributed by atoms with Crippen LogP contribution in [0.2, 0.25) is 0 Å². The number of nitrogens with one attached hydrogen (secondary N) is 1. The first kappa shape index (κ1) is 20.2. The van der Waals surface area contributed by atoms with Crippen LogP contribution in [0, 0.1) is 13.8 Å². The fourth-order valence-electron chi connectivity index (χ4n) is 3.55. The number of rotatable bonds is 6. The van der Waals surface area contributed by atoms with E-state index in [0.717, 1.165) is 42.6 Å². The summed E-state index contributed by atoms with van der Waals surface area (Å²) in [6, 6.07) is 10.1. The summed E-state index contributed by atoms with van der Waals surface area (Å²) in [5, 5.41) is 0. The van der Waals surface area contributed by atoms with Crippen LogP contribution in [-0.4, -0.2) is 39.4 Å². The maximum atomic E-state index is 12.7. The number of benzene rings is 2. The first-order valence-corrected chi connectivity index (χ1v) is 10.8. The highest BCUT2D eigenvalue weighted by molar-refractivity contribution is 7.92. The van der Waals surface area contributed by atoms with Gasteiger partial charge in [-0.1, -0.05) is 12.1 Å². The van der Waals surface area contributed by atoms with Crippen molar-refractivity contribution in [1.82, 2.24) is 4.90 Å². The number of anilines is 1. The number of nitrogens with zero attached hydrogens (tertiary/aromatic N) is 1. The molecule has 7 heteroatoms. The van der Waals surface area contributed by atoms with E-state index in [1.807, 2.05) is 18.7 Å². The van der Waals surface area contributed by atoms with E-state index in [1.165, 1.54) is 0 Å². The molecular formula is C21H26N2O4S. The van der Waals surface area contributed by atoms with E-state index in [9.17, 15) is 13.2 Å². The second kappa shape index (κ2) is 8.22. The number of ether oxygens (including phenoxy) is 1. The van der Waals surface area contributed by atoms with Crippen molar-refractivity contribution < 1.29 is 17.9 Å². The number of carbonyl (C=O) groups is 1. The van der Waals surface area contributed by atoms with Crippen molar-refractivity contribution in [2.45, 2.75) is 38.0 Å². The third-order valence-electron chi connectivity index (χ3n) is 4.97. The van der Waals surface area contributed by atoms with Gasteiger partial charge in [0, 0.05) is 18.8 Å². The smallest absolute Gasteiger partial charge is 0.261 e. The molecule has 0 atom stereocenters. The molecule has 1 amide bonds. The van der Waals surface area contributed by atoms with Gasteiger partial charge in [-0.2, -0.15) is 0 Å². The van der Waals surface area contributed by atoms with Gasteiger partial charge in [0.15, 0.2) is 0 Å². The summed E-state index contributed by atoms with van der Waals surface area (Å²) in [6.07, 6.45) is 2.47. The maximum absolute atomic E-state index is 12.7. The second-order valence-corrected chi connectivity index (χ2v) is 8.84. The Labute approximate surface area is 166 Å². The van der Waals surface area contributed by atoms with Crippen LogP contribution in [0.15, 0.2) is 41.3 Å². The lowest BCUT2D eigenvalue weighted by Crippen LogP contribution is -2.29. The third kappa shape index (κ3) is 4.47. The fourth-order valence-corrected chi connectivity index (χ4v) is 4.77. The molecule has 1 fully saturated rings. The van der Waals surface area contributed by atoms with Gasteiger partial charge in [-0.15, -0.1) is 0 Å². The van der Waals surface area contributed by atoms with Gasteiger partial charge < -0.3 is 9.64 Å². The zero-order valence-electron chi connectivity index (χ0n) is 16.5. The normalized spacial score (nSPS) is 14.2. The maximum Gasteiger partial charge on any atom is 0.261 e. The quantitative estimate of drug-likeness (QED) is 0.805. The fraction of sp³-hybridized carbons (Fsp3) is 0.381. The lowest BCUT2D eigenvalue weighted by Gasteiger charge is -2.15. The summed E-state index contributed by atoms with van der Waals surface area (Å²) in [4.78, 5) is 14.3. The third-order valence-corrected chi connectivity index (χ3v) is 6.33. The Morgan fingerprint density at radius 2 is 1.64 bits per heavy atom. The Morgan fingerprint density at radius 1 is 1.07 bits per heavy atom. The van der Waals surface area contributed by atoms with Gasteiger partial charge in [-0.05, 0) is 67.6 Å². The summed E-state index contributed by atoms with van der Waals surface area (Å²) < 4.78 is 33.4. The highest BCUT2D eigenvalue weighted by Gasteiger charge is 2.19. The van der Waals surface area contributed by atoms with Gasteiger partial charge in [0.05, 0.1) is 18.4 Å². The molecule has 0 aliphatic carbocycles. The molecule has 2 aromatic rings. The van der Waals surface area contributed by atoms with Gasteiger partial charge in [0.25, 0.3) is 10.0 Å². The van der Waals surface area contributed by atoms with Crippen molar-refractivity contribution in [1.29, 1.82) is 0 Å². The number of methoxy groups -OCH3 is 1. The minimum atomic E-state index is -3.71. The summed E-state index contributed by atoms with van der Waals surface area (Å²) >= 11 is 0. The molecule has 0 saturated carbocycles. The van der Waals surface area contributed by atoms with E-state index in [-0.39, 0.29) is 10.8 Å². The molecule has 2 aromatic carbocycles. The van der Waals surface area contributed by atoms with Gasteiger partial charge in [-0.25, -0.2) is 8.42 Å². The number of hydrogen-bond acceptors (Lipinski definition) is 4. The molecule has 1 saturated heterocycles. The monoisotopic (exact) mass is 402 g/mol. The lowest BCUT2D eigenvalue weighted by atomic mass is 10.1. The first-order chi connectivity index (χ1) is 13.3. The molecule has 0 spiro atoms. The van der Waals surface area contributed by atoms with Gasteiger partial charge in [0.1, 0.15) is 5.75 Å². The molecule has 1 aliphatic heterocycles. The van der Waals surface area contributed by atoms with Crippen LogP contribution in [0.25, 0.3) is 0 Å². The molecular weight excluding hydrogens is 376 g/mol. The molecule has 1 heterocycles. The Morgan fingerprint density at radius 3 is 2.18 bits per heavy atom. The SMILES string of the molecule is COc1c(C)cc(S(=O)(=O)Nc2ccc(CC(=O)N3CCCC3)cc2)cc1C. The number of carbonyl (C=O) groups excluding carboxylic acids is 1. The lowest BCUT2D eigenvalue weighted by molar-refractivity contribution is -0.129. The van der Waals surface area contributed by atoms with Crippen molar-refractivity contribution in [3.05, 3.63) is 53.1 Å². The number of hydrogen-bond donors (Lipinski definition) is 1. The first-order valence-electron chi connectivity index (χ1n) is 9.35. The molecule has 6 nitrogen and oxygen atoms in total. The second-order valence-electron chi connectivity index (χ2n) is 7.16. The average molecular weight is 403 g/mol. The summed E-state index contributed by atoms with van der Waals surface area (Å²) in [7, 11) is -2.15. The molecule has 0 unspecified atom stereocenters. The zero-order chi connectivity index (χ0) is 20.3. The average Bonchev–Trinajstić information content (AvgIpc) is 3.18. The molecule has 1 N–H and O–H groups in total. The van der Waals surface area contributed by atoms with E-state index >= 15 is 0 Å². The standard InChI is InChI=1S/C21H26N2O4S/c1-15-12-19(13-16(2)21(15)27-3)28(25,26)22-18-8-6-17(7-9-18)14-20(24)23-10-4-5-11-23/h6-9,12-13,22H,4-5,10-11,14H2,1-3H3. The minimum Gasteiger partial charge on any atom is -0.496 e. The van der Waals surface area contributed by atoms with Crippen LogP contribution in [0.1, 0.15) is 29.5 Å². The minimum absolute atomic E-state index is 0.120. The van der Waals surface area contributed by atoms with Crippen LogP contribution in [-0.2, 0) is 21.2 Å². The Hall–Kier alpha value is -2.54. The molecule has 0 radical (unpaired) electrons. The van der Waals surface area contributed by atoms with Gasteiger partial charge >= 0.3 is 0 Å². The van der Waals surface area contributed by atoms with Crippen LogP contribution < -0.4 is 9.46 Å². The zero-order valence-corrected chi connectivity index (χ0v) is 17.3. The molecule has 0 aromatic heterocycles. The van der Waals surface area contributed by atoms with E-state index in [4.69, 9.17) is 4.74 Å². The number of likely N-dealkylation sites (tertiary alicyclic amines) is 1. The molecule has 150 valence electrons. The number of aryl methyl sites for hydroxylation is 2. The van der Waals surface area contributed by atoms with Crippen LogP contribution >= 0.6 is 0 Å². The van der Waals surface area contributed by atoms with E-state index in [1.54, 1.807) is 43.5 Å². The van der Waals surface area contributed by atoms with Crippen molar-refractivity contribution >= 4 is 21.6 Å². The van der Waals surface area contributed by atoms with Gasteiger partial charge in [0.2, 0.25) is 5.91 Å². The predicted molar refractivity (Wildman–Crippen MR) is 109 cm³/mol. The number of sulfonamides is 1. The van der Waals surface area contributed by atoms with Crippen LogP contribution in [0.3, 0.4) is 0 Å². The summed E-state index contributed by atoms with van der Waals surface area (Å²) in [6.45, 7) is 5.29. The van der Waals surface area contributed by atoms with E-state index < -0.39 is 10.0 Å². The van der Waals surface area contributed by atoms with Crippen LogP contribution in [0.4, 0.5) is 5.69 Å². The van der Waals surface area contributed by atoms with Crippen molar-refractivity contribution in [3.63, 3.8) is 0 Å². The predicted octanol–water partition coefficient (Wildman–Crippen LogP) is 3.28. The van der Waals surface area contributed by atoms with Gasteiger partial charge in [-0.3, -0.25) is 9.52 Å². The molecule has 1 aliphatic rings. The summed E-state index contributed by atoms with van der Waals surface area (Å²) in [5.41, 5.74) is 2.86.